The lowest BCUT2D eigenvalue weighted by atomic mass is 10.1. The fraction of sp³-hybridized carbons (Fsp3) is 0.400. The number of carbonyl (C=O) groups is 3. The van der Waals surface area contributed by atoms with E-state index >= 15 is 0 Å². The van der Waals surface area contributed by atoms with E-state index in [1.54, 1.807) is 52.0 Å². The van der Waals surface area contributed by atoms with Gasteiger partial charge < -0.3 is 14.8 Å². The maximum Gasteiger partial charge on any atom is 0.351 e. The molecule has 162 valence electrons. The number of amides is 3. The van der Waals surface area contributed by atoms with Crippen LogP contribution >= 0.6 is 22.9 Å². The maximum absolute atomic E-state index is 12.4. The van der Waals surface area contributed by atoms with Crippen LogP contribution in [0.4, 0.5) is 4.79 Å². The van der Waals surface area contributed by atoms with Gasteiger partial charge in [-0.3, -0.25) is 10.1 Å². The van der Waals surface area contributed by atoms with E-state index in [2.05, 4.69) is 15.6 Å². The SMILES string of the molecule is Cc1nc(COc2ccc(Cl)cc2)sc1C(=O)OC(C)C(=O)NC(=O)NC(C)(C)C. The number of ether oxygens (including phenoxy) is 2. The third-order valence-corrected chi connectivity index (χ3v) is 4.94. The van der Waals surface area contributed by atoms with Crippen molar-refractivity contribution in [3.63, 3.8) is 0 Å². The Morgan fingerprint density at radius 1 is 1.20 bits per heavy atom. The topological polar surface area (TPSA) is 107 Å². The summed E-state index contributed by atoms with van der Waals surface area (Å²) >= 11 is 6.96. The van der Waals surface area contributed by atoms with E-state index < -0.39 is 29.6 Å². The van der Waals surface area contributed by atoms with E-state index in [0.29, 0.717) is 21.5 Å². The Hall–Kier alpha value is -2.65. The Morgan fingerprint density at radius 3 is 2.43 bits per heavy atom. The summed E-state index contributed by atoms with van der Waals surface area (Å²) < 4.78 is 10.8. The number of halogens is 1. The Labute approximate surface area is 183 Å². The lowest BCUT2D eigenvalue weighted by Gasteiger charge is -2.21. The van der Waals surface area contributed by atoms with Gasteiger partial charge in [0.25, 0.3) is 5.91 Å². The average Bonchev–Trinajstić information content (AvgIpc) is 3.00. The van der Waals surface area contributed by atoms with Crippen LogP contribution in [-0.4, -0.2) is 34.5 Å². The molecular formula is C20H24ClN3O5S. The summed E-state index contributed by atoms with van der Waals surface area (Å²) in [5.74, 6) is -0.796. The van der Waals surface area contributed by atoms with Crippen LogP contribution in [0.2, 0.25) is 5.02 Å². The highest BCUT2D eigenvalue weighted by atomic mass is 35.5. The number of thiazole rings is 1. The first-order valence-corrected chi connectivity index (χ1v) is 10.3. The van der Waals surface area contributed by atoms with Crippen LogP contribution in [0.25, 0.3) is 0 Å². The lowest BCUT2D eigenvalue weighted by molar-refractivity contribution is -0.127. The number of esters is 1. The second-order valence-electron chi connectivity index (χ2n) is 7.51. The third kappa shape index (κ3) is 7.31. The standard InChI is InChI=1S/C20H24ClN3O5S/c1-11-16(30-15(22-11)10-28-14-8-6-13(21)7-9-14)18(26)29-12(2)17(25)23-19(27)24-20(3,4)5/h6-9,12H,10H2,1-5H3,(H2,23,24,25,27). The predicted octanol–water partition coefficient (Wildman–Crippen LogP) is 3.85. The Kier molecular flexibility index (Phi) is 7.80. The summed E-state index contributed by atoms with van der Waals surface area (Å²) in [6.07, 6.45) is -1.15. The van der Waals surface area contributed by atoms with Gasteiger partial charge in [0, 0.05) is 10.6 Å². The number of urea groups is 1. The van der Waals surface area contributed by atoms with Gasteiger partial charge in [0.1, 0.15) is 22.2 Å². The van der Waals surface area contributed by atoms with Crippen LogP contribution in [0.15, 0.2) is 24.3 Å². The van der Waals surface area contributed by atoms with Gasteiger partial charge >= 0.3 is 12.0 Å². The van der Waals surface area contributed by atoms with Crippen LogP contribution < -0.4 is 15.4 Å². The van der Waals surface area contributed by atoms with Crippen LogP contribution in [0.3, 0.4) is 0 Å². The zero-order valence-electron chi connectivity index (χ0n) is 17.4. The first-order chi connectivity index (χ1) is 13.9. The Morgan fingerprint density at radius 2 is 1.83 bits per heavy atom. The van der Waals surface area contributed by atoms with Crippen LogP contribution in [0.5, 0.6) is 5.75 Å². The van der Waals surface area contributed by atoms with Gasteiger partial charge in [0.15, 0.2) is 6.10 Å². The van der Waals surface area contributed by atoms with Crippen molar-refractivity contribution in [3.8, 4) is 5.75 Å². The van der Waals surface area contributed by atoms with E-state index in [-0.39, 0.29) is 11.5 Å². The lowest BCUT2D eigenvalue weighted by Crippen LogP contribution is -2.50. The van der Waals surface area contributed by atoms with Crippen molar-refractivity contribution in [2.75, 3.05) is 0 Å². The quantitative estimate of drug-likeness (QED) is 0.643. The number of rotatable bonds is 6. The molecule has 2 aromatic rings. The molecule has 0 aliphatic carbocycles. The van der Waals surface area contributed by atoms with Gasteiger partial charge in [-0.25, -0.2) is 14.6 Å². The van der Waals surface area contributed by atoms with E-state index in [1.807, 2.05) is 0 Å². The smallest absolute Gasteiger partial charge is 0.351 e. The first-order valence-electron chi connectivity index (χ1n) is 9.13. The molecule has 0 spiro atoms. The number of nitrogens with one attached hydrogen (secondary N) is 2. The Balaban J connectivity index is 1.92. The summed E-state index contributed by atoms with van der Waals surface area (Å²) in [7, 11) is 0. The van der Waals surface area contributed by atoms with Gasteiger partial charge in [0.05, 0.1) is 5.69 Å². The number of hydrogen-bond donors (Lipinski definition) is 2. The molecule has 1 aromatic heterocycles. The van der Waals surface area contributed by atoms with Gasteiger partial charge in [0.2, 0.25) is 0 Å². The van der Waals surface area contributed by atoms with Crippen LogP contribution in [0.1, 0.15) is 48.1 Å². The number of imide groups is 1. The fourth-order valence-electron chi connectivity index (χ4n) is 2.23. The number of aryl methyl sites for hydroxylation is 1. The summed E-state index contributed by atoms with van der Waals surface area (Å²) in [5, 5.41) is 5.92. The van der Waals surface area contributed by atoms with Crippen molar-refractivity contribution in [2.24, 2.45) is 0 Å². The molecular weight excluding hydrogens is 430 g/mol. The summed E-state index contributed by atoms with van der Waals surface area (Å²) in [6.45, 7) is 8.56. The molecule has 0 saturated carbocycles. The van der Waals surface area contributed by atoms with Gasteiger partial charge in [-0.2, -0.15) is 0 Å². The van der Waals surface area contributed by atoms with Gasteiger partial charge in [-0.05, 0) is 58.9 Å². The van der Waals surface area contributed by atoms with E-state index in [1.165, 1.54) is 6.92 Å². The highest BCUT2D eigenvalue weighted by Crippen LogP contribution is 2.22. The fourth-order valence-corrected chi connectivity index (χ4v) is 3.22. The van der Waals surface area contributed by atoms with Crippen LogP contribution in [0, 0.1) is 6.92 Å². The zero-order valence-corrected chi connectivity index (χ0v) is 18.9. The number of hydrogen-bond acceptors (Lipinski definition) is 7. The molecule has 0 aliphatic heterocycles. The van der Waals surface area contributed by atoms with Crippen LogP contribution in [-0.2, 0) is 16.1 Å². The van der Waals surface area contributed by atoms with Crippen molar-refractivity contribution in [1.29, 1.82) is 0 Å². The maximum atomic E-state index is 12.4. The molecule has 1 heterocycles. The van der Waals surface area contributed by atoms with Gasteiger partial charge in [-0.1, -0.05) is 11.6 Å². The molecule has 0 bridgehead atoms. The average molecular weight is 454 g/mol. The molecule has 0 radical (unpaired) electrons. The second kappa shape index (κ2) is 9.90. The highest BCUT2D eigenvalue weighted by Gasteiger charge is 2.25. The molecule has 0 saturated heterocycles. The van der Waals surface area contributed by atoms with E-state index in [9.17, 15) is 14.4 Å². The number of nitrogens with zero attached hydrogens (tertiary/aromatic N) is 1. The number of benzene rings is 1. The van der Waals surface area contributed by atoms with Crippen molar-refractivity contribution < 1.29 is 23.9 Å². The number of aromatic nitrogens is 1. The molecule has 1 atom stereocenters. The molecule has 0 fully saturated rings. The van der Waals surface area contributed by atoms with E-state index in [0.717, 1.165) is 11.3 Å². The number of carbonyl (C=O) groups excluding carboxylic acids is 3. The molecule has 0 aliphatic rings. The minimum absolute atomic E-state index is 0.170. The molecule has 1 aromatic carbocycles. The molecule has 30 heavy (non-hydrogen) atoms. The van der Waals surface area contributed by atoms with Crippen molar-refractivity contribution in [1.82, 2.24) is 15.6 Å². The molecule has 1 unspecified atom stereocenters. The van der Waals surface area contributed by atoms with Crippen molar-refractivity contribution in [2.45, 2.75) is 52.9 Å². The molecule has 10 heteroatoms. The summed E-state index contributed by atoms with van der Waals surface area (Å²) in [6, 6.07) is 6.22. The molecule has 2 rings (SSSR count). The monoisotopic (exact) mass is 453 g/mol. The highest BCUT2D eigenvalue weighted by molar-refractivity contribution is 7.13. The van der Waals surface area contributed by atoms with Crippen molar-refractivity contribution in [3.05, 3.63) is 44.9 Å². The predicted molar refractivity (Wildman–Crippen MR) is 114 cm³/mol. The second-order valence-corrected chi connectivity index (χ2v) is 9.03. The minimum Gasteiger partial charge on any atom is -0.486 e. The molecule has 2 N–H and O–H groups in total. The van der Waals surface area contributed by atoms with E-state index in [4.69, 9.17) is 21.1 Å². The molecule has 8 nitrogen and oxygen atoms in total. The third-order valence-electron chi connectivity index (χ3n) is 3.58. The largest absolute Gasteiger partial charge is 0.486 e. The van der Waals surface area contributed by atoms with Crippen molar-refractivity contribution >= 4 is 40.8 Å². The summed E-state index contributed by atoms with van der Waals surface area (Å²) in [4.78, 5) is 40.9. The zero-order chi connectivity index (χ0) is 22.5. The Bertz CT molecular complexity index is 922. The van der Waals surface area contributed by atoms with Gasteiger partial charge in [-0.15, -0.1) is 11.3 Å². The minimum atomic E-state index is -1.15. The summed E-state index contributed by atoms with van der Waals surface area (Å²) in [5.41, 5.74) is -0.0353. The molecule has 3 amide bonds. The first kappa shape index (κ1) is 23.6. The normalized spacial score (nSPS) is 12.1.